The van der Waals surface area contributed by atoms with Crippen LogP contribution in [0.1, 0.15) is 49.5 Å². The van der Waals surface area contributed by atoms with E-state index in [9.17, 15) is 4.79 Å². The summed E-state index contributed by atoms with van der Waals surface area (Å²) in [5, 5.41) is 11.5. The molecule has 1 atom stereocenters. The molecule has 0 saturated heterocycles. The van der Waals surface area contributed by atoms with Crippen molar-refractivity contribution >= 4 is 17.1 Å². The number of hydrogen-bond acceptors (Lipinski definition) is 4. The minimum absolute atomic E-state index is 0.294. The normalized spacial score (nSPS) is 14.9. The van der Waals surface area contributed by atoms with Gasteiger partial charge in [0.25, 0.3) is 5.91 Å². The number of aromatic nitrogens is 2. The lowest BCUT2D eigenvalue weighted by molar-refractivity contribution is 0.100. The van der Waals surface area contributed by atoms with Crippen LogP contribution in [0.4, 0.5) is 5.69 Å². The van der Waals surface area contributed by atoms with Crippen LogP contribution >= 0.6 is 0 Å². The van der Waals surface area contributed by atoms with Crippen molar-refractivity contribution in [1.82, 2.24) is 14.9 Å². The van der Waals surface area contributed by atoms with Gasteiger partial charge in [-0.05, 0) is 61.4 Å². The number of hydrogen-bond donors (Lipinski definition) is 3. The molecule has 6 heteroatoms. The van der Waals surface area contributed by atoms with E-state index in [2.05, 4.69) is 66.8 Å². The van der Waals surface area contributed by atoms with Crippen molar-refractivity contribution in [2.45, 2.75) is 46.2 Å². The first-order chi connectivity index (χ1) is 14.4. The summed E-state index contributed by atoms with van der Waals surface area (Å²) in [6.07, 6.45) is 6.03. The minimum atomic E-state index is -0.462. The number of nitrogens with one attached hydrogen (secondary N) is 2. The van der Waals surface area contributed by atoms with E-state index >= 15 is 0 Å². The second kappa shape index (κ2) is 8.48. The first-order valence-electron chi connectivity index (χ1n) is 10.8. The first kappa shape index (κ1) is 20.4. The minimum Gasteiger partial charge on any atom is -0.380 e. The Kier molecular flexibility index (Phi) is 5.77. The highest BCUT2D eigenvalue weighted by Gasteiger charge is 2.29. The zero-order chi connectivity index (χ0) is 21.3. The summed E-state index contributed by atoms with van der Waals surface area (Å²) in [7, 11) is 0. The van der Waals surface area contributed by atoms with E-state index in [-0.39, 0.29) is 0 Å². The Morgan fingerprint density at radius 2 is 2.03 bits per heavy atom. The Morgan fingerprint density at radius 3 is 2.73 bits per heavy atom. The molecule has 0 spiro atoms. The fraction of sp³-hybridized carbons (Fsp3) is 0.417. The SMILES string of the molecule is CC(C)CNCc1cccc(-c2cc3c(NC(C)C4CC4)c(C(N)=O)cnn3c2)c1. The van der Waals surface area contributed by atoms with Crippen LogP contribution in [-0.2, 0) is 6.54 Å². The van der Waals surface area contributed by atoms with Crippen molar-refractivity contribution < 1.29 is 4.79 Å². The Morgan fingerprint density at radius 1 is 1.23 bits per heavy atom. The summed E-state index contributed by atoms with van der Waals surface area (Å²) in [6, 6.07) is 10.9. The van der Waals surface area contributed by atoms with E-state index < -0.39 is 5.91 Å². The monoisotopic (exact) mass is 405 g/mol. The predicted molar refractivity (Wildman–Crippen MR) is 121 cm³/mol. The number of fused-ring (bicyclic) bond motifs is 1. The van der Waals surface area contributed by atoms with Crippen LogP contribution in [0.15, 0.2) is 42.7 Å². The second-order valence-corrected chi connectivity index (χ2v) is 8.85. The lowest BCUT2D eigenvalue weighted by Gasteiger charge is -2.17. The number of amides is 1. The Labute approximate surface area is 177 Å². The highest BCUT2D eigenvalue weighted by atomic mass is 16.1. The van der Waals surface area contributed by atoms with Gasteiger partial charge in [0, 0.05) is 24.3 Å². The standard InChI is InChI=1S/C24H31N5O/c1-15(2)11-26-12-17-5-4-6-19(9-17)20-10-22-23(28-16(3)18-7-8-18)21(24(25)30)13-27-29(22)14-20/h4-6,9-10,13-16,18,26,28H,7-8,11-12H2,1-3H3,(H2,25,30). The average Bonchev–Trinajstić information content (AvgIpc) is 3.46. The van der Waals surface area contributed by atoms with Gasteiger partial charge in [-0.2, -0.15) is 5.10 Å². The number of rotatable bonds is 9. The molecule has 30 heavy (non-hydrogen) atoms. The molecule has 1 aliphatic carbocycles. The van der Waals surface area contributed by atoms with E-state index in [0.717, 1.165) is 35.4 Å². The number of primary amides is 1. The van der Waals surface area contributed by atoms with Crippen molar-refractivity contribution in [1.29, 1.82) is 0 Å². The number of nitrogens with zero attached hydrogens (tertiary/aromatic N) is 2. The molecule has 1 aromatic carbocycles. The summed E-state index contributed by atoms with van der Waals surface area (Å²) in [4.78, 5) is 12.0. The van der Waals surface area contributed by atoms with Gasteiger partial charge in [0.2, 0.25) is 0 Å². The molecule has 1 amide bonds. The molecule has 158 valence electrons. The molecule has 1 fully saturated rings. The van der Waals surface area contributed by atoms with Gasteiger partial charge < -0.3 is 16.4 Å². The summed E-state index contributed by atoms with van der Waals surface area (Å²) < 4.78 is 1.83. The van der Waals surface area contributed by atoms with E-state index in [4.69, 9.17) is 5.73 Å². The lowest BCUT2D eigenvalue weighted by Crippen LogP contribution is -2.22. The van der Waals surface area contributed by atoms with Gasteiger partial charge in [0.1, 0.15) is 0 Å². The molecule has 1 aliphatic rings. The van der Waals surface area contributed by atoms with Crippen molar-refractivity contribution in [2.24, 2.45) is 17.6 Å². The largest absolute Gasteiger partial charge is 0.380 e. The fourth-order valence-corrected chi connectivity index (χ4v) is 3.86. The maximum Gasteiger partial charge on any atom is 0.252 e. The average molecular weight is 406 g/mol. The number of carbonyl (C=O) groups excluding carboxylic acids is 1. The molecular weight excluding hydrogens is 374 g/mol. The maximum atomic E-state index is 12.0. The molecular formula is C24H31N5O. The molecule has 4 N–H and O–H groups in total. The summed E-state index contributed by atoms with van der Waals surface area (Å²) in [6.45, 7) is 8.42. The lowest BCUT2D eigenvalue weighted by atomic mass is 10.0. The van der Waals surface area contributed by atoms with E-state index in [1.54, 1.807) is 6.20 Å². The van der Waals surface area contributed by atoms with Gasteiger partial charge >= 0.3 is 0 Å². The van der Waals surface area contributed by atoms with Crippen molar-refractivity contribution in [2.75, 3.05) is 11.9 Å². The molecule has 1 unspecified atom stereocenters. The van der Waals surface area contributed by atoms with Gasteiger partial charge in [-0.25, -0.2) is 4.52 Å². The van der Waals surface area contributed by atoms with Gasteiger partial charge in [0.15, 0.2) is 0 Å². The molecule has 1 saturated carbocycles. The third kappa shape index (κ3) is 4.49. The quantitative estimate of drug-likeness (QED) is 0.501. The second-order valence-electron chi connectivity index (χ2n) is 8.85. The number of anilines is 1. The Balaban J connectivity index is 1.66. The first-order valence-corrected chi connectivity index (χ1v) is 10.8. The van der Waals surface area contributed by atoms with E-state index in [0.29, 0.717) is 23.4 Å². The van der Waals surface area contributed by atoms with Crippen molar-refractivity contribution in [3.63, 3.8) is 0 Å². The third-order valence-corrected chi connectivity index (χ3v) is 5.75. The smallest absolute Gasteiger partial charge is 0.252 e. The van der Waals surface area contributed by atoms with Crippen LogP contribution in [0.3, 0.4) is 0 Å². The summed E-state index contributed by atoms with van der Waals surface area (Å²) in [5.41, 5.74) is 11.2. The van der Waals surface area contributed by atoms with Crippen molar-refractivity contribution in [3.8, 4) is 11.1 Å². The molecule has 2 aromatic heterocycles. The topological polar surface area (TPSA) is 84.5 Å². The number of nitrogens with two attached hydrogens (primary N) is 1. The van der Waals surface area contributed by atoms with E-state index in [1.165, 1.54) is 18.4 Å². The maximum absolute atomic E-state index is 12.0. The Hall–Kier alpha value is -2.86. The van der Waals surface area contributed by atoms with Gasteiger partial charge in [-0.3, -0.25) is 4.79 Å². The van der Waals surface area contributed by atoms with Crippen LogP contribution in [0.5, 0.6) is 0 Å². The van der Waals surface area contributed by atoms with Crippen LogP contribution in [0.2, 0.25) is 0 Å². The predicted octanol–water partition coefficient (Wildman–Crippen LogP) is 4.06. The number of benzene rings is 1. The molecule has 0 aliphatic heterocycles. The highest BCUT2D eigenvalue weighted by Crippen LogP contribution is 2.36. The Bertz CT molecular complexity index is 1050. The molecule has 2 heterocycles. The van der Waals surface area contributed by atoms with Crippen LogP contribution in [0, 0.1) is 11.8 Å². The van der Waals surface area contributed by atoms with Gasteiger partial charge in [-0.15, -0.1) is 0 Å². The third-order valence-electron chi connectivity index (χ3n) is 5.75. The number of carbonyl (C=O) groups is 1. The molecule has 0 bridgehead atoms. The zero-order valence-corrected chi connectivity index (χ0v) is 18.0. The van der Waals surface area contributed by atoms with Crippen LogP contribution in [-0.4, -0.2) is 28.1 Å². The van der Waals surface area contributed by atoms with Crippen molar-refractivity contribution in [3.05, 3.63) is 53.9 Å². The highest BCUT2D eigenvalue weighted by molar-refractivity contribution is 6.02. The van der Waals surface area contributed by atoms with E-state index in [1.807, 2.05) is 10.7 Å². The molecule has 6 nitrogen and oxygen atoms in total. The fourth-order valence-electron chi connectivity index (χ4n) is 3.86. The zero-order valence-electron chi connectivity index (χ0n) is 18.0. The molecule has 3 aromatic rings. The summed E-state index contributed by atoms with van der Waals surface area (Å²) >= 11 is 0. The van der Waals surface area contributed by atoms with Crippen LogP contribution in [0.25, 0.3) is 16.6 Å². The molecule has 4 rings (SSSR count). The van der Waals surface area contributed by atoms with Gasteiger partial charge in [0.05, 0.1) is 23.0 Å². The molecule has 0 radical (unpaired) electrons. The summed E-state index contributed by atoms with van der Waals surface area (Å²) in [5.74, 6) is 0.819. The van der Waals surface area contributed by atoms with Gasteiger partial charge in [-0.1, -0.05) is 32.0 Å². The van der Waals surface area contributed by atoms with Crippen LogP contribution < -0.4 is 16.4 Å².